The molecule has 1 saturated heterocycles. The maximum Gasteiger partial charge on any atom is 0.251 e. The maximum atomic E-state index is 12.3. The Kier molecular flexibility index (Phi) is 6.13. The third-order valence-corrected chi connectivity index (χ3v) is 7.09. The van der Waals surface area contributed by atoms with Crippen LogP contribution in [0.25, 0.3) is 11.0 Å². The van der Waals surface area contributed by atoms with Gasteiger partial charge >= 0.3 is 0 Å². The van der Waals surface area contributed by atoms with Crippen molar-refractivity contribution in [2.45, 2.75) is 50.6 Å². The highest BCUT2D eigenvalue weighted by molar-refractivity contribution is 5.96. The summed E-state index contributed by atoms with van der Waals surface area (Å²) < 4.78 is 0. The Balaban J connectivity index is 1.02. The number of H-pyrrole nitrogens is 1. The van der Waals surface area contributed by atoms with E-state index >= 15 is 0 Å². The molecule has 33 heavy (non-hydrogen) atoms. The zero-order chi connectivity index (χ0) is 22.8. The SMILES string of the molecule is Cc1cccc(C(=O)NCC(=O)NC2CN([C@H]3CC[C@@H](c4ccc5nc[nH]c5c4)CC3)C2)c1. The molecule has 2 amide bonds. The van der Waals surface area contributed by atoms with Gasteiger partial charge in [-0.3, -0.25) is 14.5 Å². The second-order valence-corrected chi connectivity index (χ2v) is 9.46. The Morgan fingerprint density at radius 1 is 1.09 bits per heavy atom. The summed E-state index contributed by atoms with van der Waals surface area (Å²) in [5.41, 5.74) is 5.15. The summed E-state index contributed by atoms with van der Waals surface area (Å²) in [6.07, 6.45) is 6.53. The van der Waals surface area contributed by atoms with Crippen LogP contribution in [-0.4, -0.2) is 58.4 Å². The second kappa shape index (κ2) is 9.35. The van der Waals surface area contributed by atoms with Gasteiger partial charge in [0.1, 0.15) is 0 Å². The Morgan fingerprint density at radius 2 is 1.91 bits per heavy atom. The molecule has 3 aromatic rings. The van der Waals surface area contributed by atoms with Gasteiger partial charge in [0.25, 0.3) is 5.91 Å². The molecule has 3 N–H and O–H groups in total. The number of fused-ring (bicyclic) bond motifs is 1. The minimum absolute atomic E-state index is 0.00899. The van der Waals surface area contributed by atoms with E-state index in [4.69, 9.17) is 0 Å². The number of nitrogens with zero attached hydrogens (tertiary/aromatic N) is 2. The van der Waals surface area contributed by atoms with E-state index in [1.165, 1.54) is 31.2 Å². The number of rotatable bonds is 6. The van der Waals surface area contributed by atoms with Crippen LogP contribution in [0, 0.1) is 6.92 Å². The zero-order valence-electron chi connectivity index (χ0n) is 19.0. The standard InChI is InChI=1S/C26H31N5O2/c1-17-3-2-4-20(11-17)26(33)27-13-25(32)30-21-14-31(15-21)22-8-5-18(6-9-22)19-7-10-23-24(12-19)29-16-28-23/h2-4,7,10-12,16,18,21-22H,5-6,8-9,13-15H2,1H3,(H,27,33)(H,28,29)(H,30,32)/t18-,22+. The monoisotopic (exact) mass is 445 g/mol. The quantitative estimate of drug-likeness (QED) is 0.544. The van der Waals surface area contributed by atoms with Crippen molar-refractivity contribution in [2.24, 2.45) is 0 Å². The molecule has 1 aliphatic heterocycles. The molecular weight excluding hydrogens is 414 g/mol. The molecular formula is C26H31N5O2. The van der Waals surface area contributed by atoms with Gasteiger partial charge in [0.05, 0.1) is 29.9 Å². The van der Waals surface area contributed by atoms with E-state index in [9.17, 15) is 9.59 Å². The maximum absolute atomic E-state index is 12.3. The van der Waals surface area contributed by atoms with Crippen LogP contribution in [0.3, 0.4) is 0 Å². The summed E-state index contributed by atoms with van der Waals surface area (Å²) in [6, 6.07) is 14.7. The van der Waals surface area contributed by atoms with Gasteiger partial charge in [0.2, 0.25) is 5.91 Å². The van der Waals surface area contributed by atoms with Gasteiger partial charge in [-0.1, -0.05) is 23.8 Å². The molecule has 2 aliphatic rings. The number of aryl methyl sites for hydroxylation is 1. The van der Waals surface area contributed by atoms with Gasteiger partial charge < -0.3 is 15.6 Å². The third-order valence-electron chi connectivity index (χ3n) is 7.09. The van der Waals surface area contributed by atoms with Crippen molar-refractivity contribution in [3.8, 4) is 0 Å². The Bertz CT molecular complexity index is 1140. The summed E-state index contributed by atoms with van der Waals surface area (Å²) in [5, 5.41) is 5.76. The number of amides is 2. The number of carbonyl (C=O) groups is 2. The average Bonchev–Trinajstić information content (AvgIpc) is 3.28. The molecule has 1 aromatic heterocycles. The van der Waals surface area contributed by atoms with Crippen molar-refractivity contribution in [1.29, 1.82) is 0 Å². The number of imidazole rings is 1. The molecule has 1 saturated carbocycles. The van der Waals surface area contributed by atoms with Crippen LogP contribution >= 0.6 is 0 Å². The number of likely N-dealkylation sites (tertiary alicyclic amines) is 1. The lowest BCUT2D eigenvalue weighted by Crippen LogP contribution is -2.63. The molecule has 0 atom stereocenters. The lowest BCUT2D eigenvalue weighted by atomic mass is 9.80. The predicted octanol–water partition coefficient (Wildman–Crippen LogP) is 3.13. The van der Waals surface area contributed by atoms with Crippen LogP contribution < -0.4 is 10.6 Å². The Morgan fingerprint density at radius 3 is 2.70 bits per heavy atom. The zero-order valence-corrected chi connectivity index (χ0v) is 19.0. The van der Waals surface area contributed by atoms with Crippen molar-refractivity contribution in [2.75, 3.05) is 19.6 Å². The van der Waals surface area contributed by atoms with Crippen molar-refractivity contribution in [3.63, 3.8) is 0 Å². The summed E-state index contributed by atoms with van der Waals surface area (Å²) in [7, 11) is 0. The van der Waals surface area contributed by atoms with Crippen molar-refractivity contribution in [3.05, 3.63) is 65.5 Å². The summed E-state index contributed by atoms with van der Waals surface area (Å²) in [4.78, 5) is 34.5. The first kappa shape index (κ1) is 21.6. The number of nitrogens with one attached hydrogen (secondary N) is 3. The minimum Gasteiger partial charge on any atom is -0.349 e. The molecule has 172 valence electrons. The number of hydrogen-bond acceptors (Lipinski definition) is 4. The van der Waals surface area contributed by atoms with Gasteiger partial charge in [-0.25, -0.2) is 4.98 Å². The molecule has 0 unspecified atom stereocenters. The van der Waals surface area contributed by atoms with Gasteiger partial charge in [-0.2, -0.15) is 0 Å². The van der Waals surface area contributed by atoms with Gasteiger partial charge in [-0.05, 0) is 68.4 Å². The lowest BCUT2D eigenvalue weighted by molar-refractivity contribution is -0.122. The van der Waals surface area contributed by atoms with E-state index in [1.807, 2.05) is 25.1 Å². The van der Waals surface area contributed by atoms with Crippen LogP contribution in [-0.2, 0) is 4.79 Å². The van der Waals surface area contributed by atoms with E-state index in [0.717, 1.165) is 29.7 Å². The average molecular weight is 446 g/mol. The first-order valence-electron chi connectivity index (χ1n) is 11.9. The van der Waals surface area contributed by atoms with Crippen molar-refractivity contribution < 1.29 is 9.59 Å². The molecule has 0 spiro atoms. The fraction of sp³-hybridized carbons (Fsp3) is 0.423. The van der Waals surface area contributed by atoms with E-state index in [0.29, 0.717) is 17.5 Å². The molecule has 0 bridgehead atoms. The van der Waals surface area contributed by atoms with Crippen LogP contribution in [0.4, 0.5) is 0 Å². The Hall–Kier alpha value is -3.19. The van der Waals surface area contributed by atoms with Gasteiger partial charge in [-0.15, -0.1) is 0 Å². The topological polar surface area (TPSA) is 90.1 Å². The molecule has 2 heterocycles. The molecule has 1 aliphatic carbocycles. The second-order valence-electron chi connectivity index (χ2n) is 9.46. The number of aromatic amines is 1. The number of aromatic nitrogens is 2. The first-order chi connectivity index (χ1) is 16.0. The van der Waals surface area contributed by atoms with E-state index < -0.39 is 0 Å². The molecule has 2 aromatic carbocycles. The smallest absolute Gasteiger partial charge is 0.251 e. The minimum atomic E-state index is -0.215. The molecule has 2 fully saturated rings. The van der Waals surface area contributed by atoms with E-state index in [2.05, 4.69) is 43.7 Å². The van der Waals surface area contributed by atoms with Crippen LogP contribution in [0.1, 0.15) is 53.1 Å². The predicted molar refractivity (Wildman–Crippen MR) is 128 cm³/mol. The Labute approximate surface area is 194 Å². The first-order valence-corrected chi connectivity index (χ1v) is 11.9. The summed E-state index contributed by atoms with van der Waals surface area (Å²) >= 11 is 0. The van der Waals surface area contributed by atoms with Crippen molar-refractivity contribution in [1.82, 2.24) is 25.5 Å². The lowest BCUT2D eigenvalue weighted by Gasteiger charge is -2.46. The fourth-order valence-electron chi connectivity index (χ4n) is 5.21. The number of hydrogen-bond donors (Lipinski definition) is 3. The highest BCUT2D eigenvalue weighted by Gasteiger charge is 2.35. The van der Waals surface area contributed by atoms with Gasteiger partial charge in [0.15, 0.2) is 0 Å². The number of carbonyl (C=O) groups excluding carboxylic acids is 2. The molecule has 0 radical (unpaired) electrons. The van der Waals surface area contributed by atoms with Crippen LogP contribution in [0.5, 0.6) is 0 Å². The molecule has 7 heteroatoms. The highest BCUT2D eigenvalue weighted by atomic mass is 16.2. The third kappa shape index (κ3) is 4.93. The highest BCUT2D eigenvalue weighted by Crippen LogP contribution is 2.36. The van der Waals surface area contributed by atoms with Gasteiger partial charge in [0, 0.05) is 24.7 Å². The summed E-state index contributed by atoms with van der Waals surface area (Å²) in [6.45, 7) is 3.74. The normalized spacial score (nSPS) is 21.5. The largest absolute Gasteiger partial charge is 0.349 e. The fourth-order valence-corrected chi connectivity index (χ4v) is 5.21. The van der Waals surface area contributed by atoms with Crippen LogP contribution in [0.2, 0.25) is 0 Å². The van der Waals surface area contributed by atoms with E-state index in [-0.39, 0.29) is 24.4 Å². The number of benzene rings is 2. The van der Waals surface area contributed by atoms with Crippen LogP contribution in [0.15, 0.2) is 48.8 Å². The van der Waals surface area contributed by atoms with Crippen molar-refractivity contribution >= 4 is 22.8 Å². The molecule has 7 nitrogen and oxygen atoms in total. The summed E-state index contributed by atoms with van der Waals surface area (Å²) in [5.74, 6) is 0.272. The molecule has 5 rings (SSSR count). The van der Waals surface area contributed by atoms with E-state index in [1.54, 1.807) is 12.4 Å².